The number of ether oxygens (including phenoxy) is 1. The van der Waals surface area contributed by atoms with Crippen molar-refractivity contribution in [2.75, 3.05) is 12.3 Å². The summed E-state index contributed by atoms with van der Waals surface area (Å²) in [6, 6.07) is 19.0. The Hall–Kier alpha value is -2.45. The van der Waals surface area contributed by atoms with E-state index in [4.69, 9.17) is 10.00 Å². The van der Waals surface area contributed by atoms with Gasteiger partial charge in [-0.3, -0.25) is 0 Å². The van der Waals surface area contributed by atoms with Crippen molar-refractivity contribution in [2.45, 2.75) is 11.5 Å². The zero-order valence-electron chi connectivity index (χ0n) is 12.0. The highest BCUT2D eigenvalue weighted by Gasteiger charge is 2.02. The van der Waals surface area contributed by atoms with Gasteiger partial charge in [0, 0.05) is 17.2 Å². The molecule has 4 nitrogen and oxygen atoms in total. The average Bonchev–Trinajstić information content (AvgIpc) is 2.58. The lowest BCUT2D eigenvalue weighted by molar-refractivity contribution is 0.140. The van der Waals surface area contributed by atoms with Crippen LogP contribution in [0.1, 0.15) is 11.1 Å². The Morgan fingerprint density at radius 1 is 1.18 bits per heavy atom. The summed E-state index contributed by atoms with van der Waals surface area (Å²) in [4.78, 5) is 12.6. The molecule has 0 unspecified atom stereocenters. The summed E-state index contributed by atoms with van der Waals surface area (Å²) in [7, 11) is 0. The van der Waals surface area contributed by atoms with E-state index in [2.05, 4.69) is 11.4 Å². The highest BCUT2D eigenvalue weighted by atomic mass is 32.2. The molecule has 1 amide bonds. The normalized spacial score (nSPS) is 9.77. The lowest BCUT2D eigenvalue weighted by atomic mass is 10.2. The zero-order valence-corrected chi connectivity index (χ0v) is 12.8. The van der Waals surface area contributed by atoms with Gasteiger partial charge in [-0.25, -0.2) is 4.79 Å². The maximum absolute atomic E-state index is 11.5. The number of carbonyl (C=O) groups excluding carboxylic acids is 1. The molecule has 0 aromatic heterocycles. The summed E-state index contributed by atoms with van der Waals surface area (Å²) in [5.41, 5.74) is 1.60. The molecule has 5 heteroatoms. The van der Waals surface area contributed by atoms with Crippen molar-refractivity contribution in [2.24, 2.45) is 0 Å². The number of nitriles is 1. The molecule has 0 fully saturated rings. The fraction of sp³-hybridized carbons (Fsp3) is 0.176. The Morgan fingerprint density at radius 2 is 2.00 bits per heavy atom. The first kappa shape index (κ1) is 15.9. The Morgan fingerprint density at radius 3 is 2.77 bits per heavy atom. The van der Waals surface area contributed by atoms with E-state index in [1.165, 1.54) is 0 Å². The Labute approximate surface area is 134 Å². The van der Waals surface area contributed by atoms with Crippen molar-refractivity contribution in [1.82, 2.24) is 5.32 Å². The Kier molecular flexibility index (Phi) is 6.34. The molecule has 0 saturated carbocycles. The second kappa shape index (κ2) is 8.75. The fourth-order valence-corrected chi connectivity index (χ4v) is 2.58. The van der Waals surface area contributed by atoms with E-state index in [-0.39, 0.29) is 6.61 Å². The number of hydrogen-bond acceptors (Lipinski definition) is 4. The summed E-state index contributed by atoms with van der Waals surface area (Å²) in [5.74, 6) is 0.718. The van der Waals surface area contributed by atoms with E-state index >= 15 is 0 Å². The van der Waals surface area contributed by atoms with Gasteiger partial charge in [0.1, 0.15) is 6.61 Å². The summed E-state index contributed by atoms with van der Waals surface area (Å²) in [5, 5.41) is 11.5. The lowest BCUT2D eigenvalue weighted by Gasteiger charge is -2.07. The number of carbonyl (C=O) groups is 1. The van der Waals surface area contributed by atoms with Gasteiger partial charge in [0.05, 0.1) is 11.6 Å². The third-order valence-corrected chi connectivity index (χ3v) is 3.81. The second-order valence-corrected chi connectivity index (χ2v) is 5.64. The molecule has 0 aliphatic carbocycles. The standard InChI is InChI=1S/C17H16N2O2S/c18-12-15-7-4-8-16(11-15)22-10-9-19-17(20)21-13-14-5-2-1-3-6-14/h1-8,11H,9-10,13H2,(H,19,20). The fourth-order valence-electron chi connectivity index (χ4n) is 1.75. The number of amides is 1. The molecule has 0 saturated heterocycles. The van der Waals surface area contributed by atoms with Crippen LogP contribution in [0.3, 0.4) is 0 Å². The van der Waals surface area contributed by atoms with Crippen LogP contribution in [-0.4, -0.2) is 18.4 Å². The average molecular weight is 312 g/mol. The van der Waals surface area contributed by atoms with Crippen molar-refractivity contribution in [3.05, 3.63) is 65.7 Å². The predicted octanol–water partition coefficient (Wildman–Crippen LogP) is 3.58. The SMILES string of the molecule is N#Cc1cccc(SCCNC(=O)OCc2ccccc2)c1. The van der Waals surface area contributed by atoms with Crippen LogP contribution in [-0.2, 0) is 11.3 Å². The third kappa shape index (κ3) is 5.51. The first-order chi connectivity index (χ1) is 10.8. The van der Waals surface area contributed by atoms with E-state index in [1.54, 1.807) is 17.8 Å². The van der Waals surface area contributed by atoms with E-state index in [1.807, 2.05) is 48.5 Å². The predicted molar refractivity (Wildman–Crippen MR) is 86.5 cm³/mol. The van der Waals surface area contributed by atoms with Crippen molar-refractivity contribution in [1.29, 1.82) is 5.26 Å². The molecule has 1 N–H and O–H groups in total. The molecule has 0 aliphatic rings. The van der Waals surface area contributed by atoms with Crippen LogP contribution < -0.4 is 5.32 Å². The second-order valence-electron chi connectivity index (χ2n) is 4.48. The van der Waals surface area contributed by atoms with E-state index in [9.17, 15) is 4.79 Å². The highest BCUT2D eigenvalue weighted by Crippen LogP contribution is 2.18. The monoisotopic (exact) mass is 312 g/mol. The number of benzene rings is 2. The van der Waals surface area contributed by atoms with Gasteiger partial charge in [-0.2, -0.15) is 5.26 Å². The smallest absolute Gasteiger partial charge is 0.407 e. The summed E-state index contributed by atoms with van der Waals surface area (Å²) in [6.45, 7) is 0.777. The molecule has 2 rings (SSSR count). The van der Waals surface area contributed by atoms with Gasteiger partial charge in [-0.05, 0) is 23.8 Å². The third-order valence-electron chi connectivity index (χ3n) is 2.82. The minimum absolute atomic E-state index is 0.268. The van der Waals surface area contributed by atoms with Crippen LogP contribution in [0.15, 0.2) is 59.5 Å². The summed E-state index contributed by atoms with van der Waals surface area (Å²) in [6.07, 6.45) is -0.421. The number of hydrogen-bond donors (Lipinski definition) is 1. The summed E-state index contributed by atoms with van der Waals surface area (Å²) < 4.78 is 5.11. The number of alkyl carbamates (subject to hydrolysis) is 1. The van der Waals surface area contributed by atoms with Gasteiger partial charge in [-0.15, -0.1) is 11.8 Å². The van der Waals surface area contributed by atoms with Crippen LogP contribution in [0.5, 0.6) is 0 Å². The molecular formula is C17H16N2O2S. The molecular weight excluding hydrogens is 296 g/mol. The molecule has 2 aromatic rings. The molecule has 2 aromatic carbocycles. The highest BCUT2D eigenvalue weighted by molar-refractivity contribution is 7.99. The van der Waals surface area contributed by atoms with Gasteiger partial charge in [0.15, 0.2) is 0 Å². The molecule has 0 radical (unpaired) electrons. The quantitative estimate of drug-likeness (QED) is 0.654. The minimum atomic E-state index is -0.421. The first-order valence-electron chi connectivity index (χ1n) is 6.85. The topological polar surface area (TPSA) is 62.1 Å². The van der Waals surface area contributed by atoms with Gasteiger partial charge >= 0.3 is 6.09 Å². The van der Waals surface area contributed by atoms with E-state index in [0.717, 1.165) is 16.2 Å². The van der Waals surface area contributed by atoms with Gasteiger partial charge < -0.3 is 10.1 Å². The number of nitrogens with zero attached hydrogens (tertiary/aromatic N) is 1. The maximum Gasteiger partial charge on any atom is 0.407 e. The van der Waals surface area contributed by atoms with Crippen molar-refractivity contribution >= 4 is 17.9 Å². The largest absolute Gasteiger partial charge is 0.445 e. The number of rotatable bonds is 6. The molecule has 0 atom stereocenters. The molecule has 0 spiro atoms. The van der Waals surface area contributed by atoms with E-state index < -0.39 is 6.09 Å². The van der Waals surface area contributed by atoms with Crippen LogP contribution >= 0.6 is 11.8 Å². The zero-order chi connectivity index (χ0) is 15.6. The van der Waals surface area contributed by atoms with Crippen molar-refractivity contribution in [3.63, 3.8) is 0 Å². The van der Waals surface area contributed by atoms with Crippen molar-refractivity contribution in [3.8, 4) is 6.07 Å². The molecule has 0 heterocycles. The van der Waals surface area contributed by atoms with Gasteiger partial charge in [0.2, 0.25) is 0 Å². The summed E-state index contributed by atoms with van der Waals surface area (Å²) >= 11 is 1.59. The van der Waals surface area contributed by atoms with Crippen LogP contribution in [0.25, 0.3) is 0 Å². The van der Waals surface area contributed by atoms with Crippen LogP contribution in [0, 0.1) is 11.3 Å². The lowest BCUT2D eigenvalue weighted by Crippen LogP contribution is -2.26. The first-order valence-corrected chi connectivity index (χ1v) is 7.84. The maximum atomic E-state index is 11.5. The van der Waals surface area contributed by atoms with E-state index in [0.29, 0.717) is 12.1 Å². The molecule has 0 bridgehead atoms. The van der Waals surface area contributed by atoms with Crippen molar-refractivity contribution < 1.29 is 9.53 Å². The van der Waals surface area contributed by atoms with Gasteiger partial charge in [0.25, 0.3) is 0 Å². The Bertz CT molecular complexity index is 653. The molecule has 0 aliphatic heterocycles. The Balaban J connectivity index is 1.64. The molecule has 112 valence electrons. The van der Waals surface area contributed by atoms with Gasteiger partial charge in [-0.1, -0.05) is 36.4 Å². The number of nitrogens with one attached hydrogen (secondary N) is 1. The van der Waals surface area contributed by atoms with Crippen LogP contribution in [0.4, 0.5) is 4.79 Å². The molecule has 22 heavy (non-hydrogen) atoms. The minimum Gasteiger partial charge on any atom is -0.445 e. The van der Waals surface area contributed by atoms with Crippen LogP contribution in [0.2, 0.25) is 0 Å². The number of thioether (sulfide) groups is 1.